The molecule has 0 aliphatic carbocycles. The van der Waals surface area contributed by atoms with Crippen LogP contribution in [0.3, 0.4) is 0 Å². The van der Waals surface area contributed by atoms with Gasteiger partial charge in [-0.05, 0) is 42.6 Å². The first kappa shape index (κ1) is 13.5. The zero-order valence-electron chi connectivity index (χ0n) is 10.8. The number of fused-ring (bicyclic) bond motifs is 1. The largest absolute Gasteiger partial charge is 0.478 e. The Labute approximate surface area is 112 Å². The number of rotatable bonds is 4. The second-order valence-electron chi connectivity index (χ2n) is 4.75. The van der Waals surface area contributed by atoms with E-state index in [4.69, 9.17) is 10.8 Å². The van der Waals surface area contributed by atoms with Crippen LogP contribution in [0.25, 0.3) is 0 Å². The van der Waals surface area contributed by atoms with Crippen LogP contribution < -0.4 is 5.73 Å². The summed E-state index contributed by atoms with van der Waals surface area (Å²) in [7, 11) is 0. The second kappa shape index (κ2) is 5.84. The van der Waals surface area contributed by atoms with E-state index in [0.717, 1.165) is 17.5 Å². The normalized spacial score (nSPS) is 14.1. The monoisotopic (exact) mass is 262 g/mol. The molecule has 1 aromatic carbocycles. The number of benzene rings is 1. The van der Waals surface area contributed by atoms with Crippen molar-refractivity contribution >= 4 is 11.9 Å². The maximum Gasteiger partial charge on any atom is 0.335 e. The summed E-state index contributed by atoms with van der Waals surface area (Å²) >= 11 is 0. The smallest absolute Gasteiger partial charge is 0.335 e. The molecule has 3 N–H and O–H groups in total. The zero-order valence-corrected chi connectivity index (χ0v) is 10.8. The van der Waals surface area contributed by atoms with Crippen molar-refractivity contribution in [2.45, 2.75) is 25.8 Å². The Morgan fingerprint density at radius 1 is 1.32 bits per heavy atom. The molecule has 1 heterocycles. The molecule has 1 aromatic rings. The highest BCUT2D eigenvalue weighted by Gasteiger charge is 2.21. The molecule has 1 aliphatic rings. The van der Waals surface area contributed by atoms with Gasteiger partial charge in [-0.2, -0.15) is 0 Å². The lowest BCUT2D eigenvalue weighted by molar-refractivity contribution is -0.132. The molecule has 2 rings (SSSR count). The highest BCUT2D eigenvalue weighted by Crippen LogP contribution is 2.21. The first-order valence-electron chi connectivity index (χ1n) is 6.44. The third-order valence-corrected chi connectivity index (χ3v) is 3.41. The molecule has 0 atom stereocenters. The molecular weight excluding hydrogens is 244 g/mol. The second-order valence-corrected chi connectivity index (χ2v) is 4.75. The standard InChI is InChI=1S/C14H18N2O3/c15-6-1-2-13(17)16-7-5-10-3-4-11(14(18)19)8-12(10)9-16/h3-4,8H,1-2,5-7,9,15H2,(H,18,19). The van der Waals surface area contributed by atoms with Crippen molar-refractivity contribution in [3.63, 3.8) is 0 Å². The minimum Gasteiger partial charge on any atom is -0.478 e. The molecule has 0 radical (unpaired) electrons. The van der Waals surface area contributed by atoms with E-state index in [2.05, 4.69) is 0 Å². The quantitative estimate of drug-likeness (QED) is 0.848. The summed E-state index contributed by atoms with van der Waals surface area (Å²) in [6, 6.07) is 5.13. The molecule has 0 fully saturated rings. The lowest BCUT2D eigenvalue weighted by atomic mass is 9.97. The van der Waals surface area contributed by atoms with Gasteiger partial charge in [-0.15, -0.1) is 0 Å². The number of amides is 1. The first-order valence-corrected chi connectivity index (χ1v) is 6.44. The van der Waals surface area contributed by atoms with Gasteiger partial charge in [-0.25, -0.2) is 4.79 Å². The highest BCUT2D eigenvalue weighted by atomic mass is 16.4. The predicted octanol–water partition coefficient (Wildman–Crippen LogP) is 1.01. The van der Waals surface area contributed by atoms with Crippen molar-refractivity contribution in [3.8, 4) is 0 Å². The number of carbonyl (C=O) groups excluding carboxylic acids is 1. The number of carboxylic acid groups (broad SMARTS) is 1. The number of nitrogens with zero attached hydrogens (tertiary/aromatic N) is 1. The first-order chi connectivity index (χ1) is 9.11. The topological polar surface area (TPSA) is 83.6 Å². The van der Waals surface area contributed by atoms with Gasteiger partial charge >= 0.3 is 5.97 Å². The van der Waals surface area contributed by atoms with E-state index < -0.39 is 5.97 Å². The maximum absolute atomic E-state index is 11.9. The van der Waals surface area contributed by atoms with Crippen molar-refractivity contribution in [2.24, 2.45) is 5.73 Å². The maximum atomic E-state index is 11.9. The molecule has 5 heteroatoms. The average Bonchev–Trinajstić information content (AvgIpc) is 2.43. The summed E-state index contributed by atoms with van der Waals surface area (Å²) in [6.07, 6.45) is 1.94. The van der Waals surface area contributed by atoms with Crippen molar-refractivity contribution in [1.82, 2.24) is 4.90 Å². The van der Waals surface area contributed by atoms with E-state index in [9.17, 15) is 9.59 Å². The number of carbonyl (C=O) groups is 2. The van der Waals surface area contributed by atoms with Gasteiger partial charge in [-0.3, -0.25) is 4.79 Å². The minimum absolute atomic E-state index is 0.0943. The Hall–Kier alpha value is -1.88. The van der Waals surface area contributed by atoms with E-state index in [1.165, 1.54) is 0 Å². The molecule has 1 aliphatic heterocycles. The number of aromatic carboxylic acids is 1. The Morgan fingerprint density at radius 2 is 2.11 bits per heavy atom. The van der Waals surface area contributed by atoms with Crippen LogP contribution in [0.5, 0.6) is 0 Å². The minimum atomic E-state index is -0.936. The highest BCUT2D eigenvalue weighted by molar-refractivity contribution is 5.88. The fourth-order valence-corrected chi connectivity index (χ4v) is 2.31. The predicted molar refractivity (Wildman–Crippen MR) is 70.8 cm³/mol. The third-order valence-electron chi connectivity index (χ3n) is 3.41. The van der Waals surface area contributed by atoms with Crippen molar-refractivity contribution in [2.75, 3.05) is 13.1 Å². The van der Waals surface area contributed by atoms with E-state index in [-0.39, 0.29) is 11.5 Å². The van der Waals surface area contributed by atoms with Crippen molar-refractivity contribution in [3.05, 3.63) is 34.9 Å². The van der Waals surface area contributed by atoms with Crippen molar-refractivity contribution < 1.29 is 14.7 Å². The number of hydrogen-bond donors (Lipinski definition) is 2. The Kier molecular flexibility index (Phi) is 4.16. The van der Waals surface area contributed by atoms with E-state index in [1.807, 2.05) is 6.07 Å². The summed E-state index contributed by atoms with van der Waals surface area (Å²) in [4.78, 5) is 24.7. The summed E-state index contributed by atoms with van der Waals surface area (Å²) in [5, 5.41) is 8.98. The lowest BCUT2D eigenvalue weighted by Gasteiger charge is -2.29. The van der Waals surface area contributed by atoms with Gasteiger partial charge in [0.05, 0.1) is 5.56 Å². The lowest BCUT2D eigenvalue weighted by Crippen LogP contribution is -2.36. The van der Waals surface area contributed by atoms with E-state index in [0.29, 0.717) is 32.5 Å². The van der Waals surface area contributed by atoms with Crippen LogP contribution in [-0.4, -0.2) is 35.0 Å². The van der Waals surface area contributed by atoms with Gasteiger partial charge in [-0.1, -0.05) is 6.07 Å². The number of hydrogen-bond acceptors (Lipinski definition) is 3. The Balaban J connectivity index is 2.11. The van der Waals surface area contributed by atoms with Crippen LogP contribution in [0, 0.1) is 0 Å². The summed E-state index contributed by atoms with van der Waals surface area (Å²) in [5.41, 5.74) is 7.74. The molecule has 0 saturated heterocycles. The number of nitrogens with two attached hydrogens (primary N) is 1. The molecule has 19 heavy (non-hydrogen) atoms. The third kappa shape index (κ3) is 3.12. The van der Waals surface area contributed by atoms with Gasteiger partial charge in [0.25, 0.3) is 0 Å². The van der Waals surface area contributed by atoms with Crippen molar-refractivity contribution in [1.29, 1.82) is 0 Å². The fraction of sp³-hybridized carbons (Fsp3) is 0.429. The molecule has 0 unspecified atom stereocenters. The Morgan fingerprint density at radius 3 is 2.79 bits per heavy atom. The Bertz CT molecular complexity index is 499. The summed E-state index contributed by atoms with van der Waals surface area (Å²) in [6.45, 7) is 1.71. The van der Waals surface area contributed by atoms with Crippen LogP contribution in [0.4, 0.5) is 0 Å². The molecule has 0 aromatic heterocycles. The molecule has 0 bridgehead atoms. The fourth-order valence-electron chi connectivity index (χ4n) is 2.31. The summed E-state index contributed by atoms with van der Waals surface area (Å²) < 4.78 is 0. The number of carboxylic acids is 1. The van der Waals surface area contributed by atoms with Crippen LogP contribution >= 0.6 is 0 Å². The summed E-state index contributed by atoms with van der Waals surface area (Å²) in [5.74, 6) is -0.841. The van der Waals surface area contributed by atoms with Gasteiger partial charge in [0.15, 0.2) is 0 Å². The van der Waals surface area contributed by atoms with E-state index >= 15 is 0 Å². The van der Waals surface area contributed by atoms with Crippen LogP contribution in [-0.2, 0) is 17.8 Å². The van der Waals surface area contributed by atoms with Crippen LogP contribution in [0.1, 0.15) is 34.3 Å². The molecule has 5 nitrogen and oxygen atoms in total. The zero-order chi connectivity index (χ0) is 13.8. The molecule has 102 valence electrons. The van der Waals surface area contributed by atoms with Crippen LogP contribution in [0.2, 0.25) is 0 Å². The molecule has 1 amide bonds. The van der Waals surface area contributed by atoms with E-state index in [1.54, 1.807) is 17.0 Å². The molecular formula is C14H18N2O3. The van der Waals surface area contributed by atoms with Gasteiger partial charge in [0.1, 0.15) is 0 Å². The molecule has 0 spiro atoms. The molecule has 0 saturated carbocycles. The average molecular weight is 262 g/mol. The van der Waals surface area contributed by atoms with Gasteiger partial charge < -0.3 is 15.7 Å². The van der Waals surface area contributed by atoms with Gasteiger partial charge in [0.2, 0.25) is 5.91 Å². The SMILES string of the molecule is NCCCC(=O)N1CCc2ccc(C(=O)O)cc2C1. The van der Waals surface area contributed by atoms with Gasteiger partial charge in [0, 0.05) is 19.5 Å². The van der Waals surface area contributed by atoms with Crippen LogP contribution in [0.15, 0.2) is 18.2 Å².